The Bertz CT molecular complexity index is 231. The lowest BCUT2D eigenvalue weighted by molar-refractivity contribution is 0.0487. The minimum absolute atomic E-state index is 0.262. The van der Waals surface area contributed by atoms with E-state index in [9.17, 15) is 0 Å². The van der Waals surface area contributed by atoms with Crippen molar-refractivity contribution < 1.29 is 4.74 Å². The molecule has 1 heterocycles. The van der Waals surface area contributed by atoms with Gasteiger partial charge in [-0.05, 0) is 38.5 Å². The lowest BCUT2D eigenvalue weighted by atomic mass is 9.85. The molecule has 16 heavy (non-hydrogen) atoms. The van der Waals surface area contributed by atoms with E-state index in [4.69, 9.17) is 10.5 Å². The smallest absolute Gasteiger partial charge is 0.0512 e. The van der Waals surface area contributed by atoms with Crippen LogP contribution in [0.15, 0.2) is 11.6 Å². The molecular weight excluding hydrogens is 198 g/mol. The standard InChI is InChI=1S/C14H25NO/c15-14(13-9-6-10-16-11-13)12-7-4-2-1-3-5-8-12/h7,13-14H,1-6,8-11,15H2. The Kier molecular flexibility index (Phi) is 4.86. The fourth-order valence-electron chi connectivity index (χ4n) is 2.87. The van der Waals surface area contributed by atoms with E-state index in [1.54, 1.807) is 0 Å². The zero-order valence-electron chi connectivity index (χ0n) is 10.3. The molecule has 2 heteroatoms. The molecular formula is C14H25NO. The van der Waals surface area contributed by atoms with Crippen molar-refractivity contribution >= 4 is 0 Å². The number of nitrogens with two attached hydrogens (primary N) is 1. The van der Waals surface area contributed by atoms with Crippen molar-refractivity contribution in [2.45, 2.75) is 57.4 Å². The summed E-state index contributed by atoms with van der Waals surface area (Å²) in [4.78, 5) is 0. The molecule has 0 aromatic rings. The lowest BCUT2D eigenvalue weighted by Gasteiger charge is -2.30. The number of allylic oxidation sites excluding steroid dienone is 1. The van der Waals surface area contributed by atoms with Crippen LogP contribution in [0, 0.1) is 5.92 Å². The zero-order valence-corrected chi connectivity index (χ0v) is 10.3. The highest BCUT2D eigenvalue weighted by Gasteiger charge is 2.23. The van der Waals surface area contributed by atoms with Crippen molar-refractivity contribution in [2.24, 2.45) is 11.7 Å². The van der Waals surface area contributed by atoms with Gasteiger partial charge in [-0.2, -0.15) is 0 Å². The SMILES string of the molecule is NC(C1=CCCCCCC1)C1CCCOC1. The van der Waals surface area contributed by atoms with Crippen molar-refractivity contribution in [1.29, 1.82) is 0 Å². The molecule has 2 aliphatic rings. The van der Waals surface area contributed by atoms with Crippen LogP contribution < -0.4 is 5.73 Å². The van der Waals surface area contributed by atoms with Gasteiger partial charge in [0.25, 0.3) is 0 Å². The molecule has 0 spiro atoms. The summed E-state index contributed by atoms with van der Waals surface area (Å²) in [7, 11) is 0. The van der Waals surface area contributed by atoms with E-state index in [0.717, 1.165) is 13.2 Å². The third-order valence-corrected chi connectivity index (χ3v) is 3.96. The van der Waals surface area contributed by atoms with E-state index in [1.165, 1.54) is 56.9 Å². The van der Waals surface area contributed by atoms with Crippen LogP contribution in [-0.4, -0.2) is 19.3 Å². The predicted molar refractivity (Wildman–Crippen MR) is 67.3 cm³/mol. The molecule has 1 saturated heterocycles. The third-order valence-electron chi connectivity index (χ3n) is 3.96. The molecule has 0 saturated carbocycles. The zero-order chi connectivity index (χ0) is 11.2. The van der Waals surface area contributed by atoms with Gasteiger partial charge in [0.15, 0.2) is 0 Å². The van der Waals surface area contributed by atoms with Crippen LogP contribution in [0.3, 0.4) is 0 Å². The maximum atomic E-state index is 6.40. The fourth-order valence-corrected chi connectivity index (χ4v) is 2.87. The van der Waals surface area contributed by atoms with E-state index in [2.05, 4.69) is 6.08 Å². The minimum Gasteiger partial charge on any atom is -0.381 e. The molecule has 0 bridgehead atoms. The Balaban J connectivity index is 1.92. The van der Waals surface area contributed by atoms with E-state index < -0.39 is 0 Å². The number of rotatable bonds is 2. The summed E-state index contributed by atoms with van der Waals surface area (Å²) in [5.74, 6) is 0.569. The highest BCUT2D eigenvalue weighted by molar-refractivity contribution is 5.12. The maximum Gasteiger partial charge on any atom is 0.0512 e. The van der Waals surface area contributed by atoms with Crippen molar-refractivity contribution in [3.05, 3.63) is 11.6 Å². The van der Waals surface area contributed by atoms with E-state index in [1.807, 2.05) is 0 Å². The van der Waals surface area contributed by atoms with Gasteiger partial charge in [-0.15, -0.1) is 0 Å². The Hall–Kier alpha value is -0.340. The summed E-state index contributed by atoms with van der Waals surface area (Å²) in [6.07, 6.45) is 12.7. The van der Waals surface area contributed by atoms with Gasteiger partial charge in [0.05, 0.1) is 6.61 Å². The second-order valence-electron chi connectivity index (χ2n) is 5.23. The summed E-state index contributed by atoms with van der Waals surface area (Å²) in [5, 5.41) is 0. The van der Waals surface area contributed by atoms with Crippen LogP contribution in [-0.2, 0) is 4.74 Å². The average molecular weight is 223 g/mol. The topological polar surface area (TPSA) is 35.2 Å². The molecule has 2 rings (SSSR count). The predicted octanol–water partition coefficient (Wildman–Crippen LogP) is 3.02. The molecule has 1 fully saturated rings. The number of ether oxygens (including phenoxy) is 1. The molecule has 1 aliphatic carbocycles. The van der Waals surface area contributed by atoms with Gasteiger partial charge in [0, 0.05) is 18.6 Å². The number of hydrogen-bond acceptors (Lipinski definition) is 2. The molecule has 2 N–H and O–H groups in total. The molecule has 1 aliphatic heterocycles. The van der Waals surface area contributed by atoms with Gasteiger partial charge in [0.1, 0.15) is 0 Å². The average Bonchev–Trinajstić information content (AvgIpc) is 2.29. The third kappa shape index (κ3) is 3.33. The van der Waals surface area contributed by atoms with Gasteiger partial charge in [-0.25, -0.2) is 0 Å². The van der Waals surface area contributed by atoms with Gasteiger partial charge in [-0.1, -0.05) is 24.5 Å². The molecule has 2 atom stereocenters. The summed E-state index contributed by atoms with van der Waals surface area (Å²) < 4.78 is 5.54. The second kappa shape index (κ2) is 6.41. The highest BCUT2D eigenvalue weighted by atomic mass is 16.5. The molecule has 0 aromatic heterocycles. The van der Waals surface area contributed by atoms with E-state index in [0.29, 0.717) is 5.92 Å². The van der Waals surface area contributed by atoms with Crippen LogP contribution in [0.2, 0.25) is 0 Å². The van der Waals surface area contributed by atoms with Gasteiger partial charge in [-0.3, -0.25) is 0 Å². The largest absolute Gasteiger partial charge is 0.381 e. The quantitative estimate of drug-likeness (QED) is 0.730. The van der Waals surface area contributed by atoms with Crippen molar-refractivity contribution in [3.8, 4) is 0 Å². The molecule has 0 radical (unpaired) electrons. The number of hydrogen-bond donors (Lipinski definition) is 1. The summed E-state index contributed by atoms with van der Waals surface area (Å²) in [6.45, 7) is 1.81. The molecule has 0 amide bonds. The Morgan fingerprint density at radius 2 is 2.06 bits per heavy atom. The normalized spacial score (nSPS) is 30.1. The maximum absolute atomic E-state index is 6.40. The van der Waals surface area contributed by atoms with Crippen LogP contribution in [0.5, 0.6) is 0 Å². The van der Waals surface area contributed by atoms with Crippen LogP contribution in [0.1, 0.15) is 51.4 Å². The first-order valence-corrected chi connectivity index (χ1v) is 6.90. The Morgan fingerprint density at radius 1 is 1.19 bits per heavy atom. The molecule has 0 aromatic carbocycles. The van der Waals surface area contributed by atoms with Gasteiger partial charge >= 0.3 is 0 Å². The van der Waals surface area contributed by atoms with Crippen molar-refractivity contribution in [1.82, 2.24) is 0 Å². The highest BCUT2D eigenvalue weighted by Crippen LogP contribution is 2.26. The summed E-state index contributed by atoms with van der Waals surface area (Å²) >= 11 is 0. The first-order chi connectivity index (χ1) is 7.88. The Labute approximate surface area is 99.2 Å². The van der Waals surface area contributed by atoms with Crippen LogP contribution >= 0.6 is 0 Å². The summed E-state index contributed by atoms with van der Waals surface area (Å²) in [6, 6.07) is 0.262. The van der Waals surface area contributed by atoms with E-state index >= 15 is 0 Å². The Morgan fingerprint density at radius 3 is 2.88 bits per heavy atom. The first kappa shape index (κ1) is 12.1. The van der Waals surface area contributed by atoms with E-state index in [-0.39, 0.29) is 6.04 Å². The molecule has 2 nitrogen and oxygen atoms in total. The van der Waals surface area contributed by atoms with Gasteiger partial charge < -0.3 is 10.5 Å². The fraction of sp³-hybridized carbons (Fsp3) is 0.857. The minimum atomic E-state index is 0.262. The van der Waals surface area contributed by atoms with Gasteiger partial charge in [0.2, 0.25) is 0 Å². The molecule has 92 valence electrons. The summed E-state index contributed by atoms with van der Waals surface area (Å²) in [5.41, 5.74) is 7.90. The van der Waals surface area contributed by atoms with Crippen molar-refractivity contribution in [3.63, 3.8) is 0 Å². The first-order valence-electron chi connectivity index (χ1n) is 6.90. The monoisotopic (exact) mass is 223 g/mol. The van der Waals surface area contributed by atoms with Crippen LogP contribution in [0.4, 0.5) is 0 Å². The molecule has 2 unspecified atom stereocenters. The van der Waals surface area contributed by atoms with Crippen LogP contribution in [0.25, 0.3) is 0 Å². The second-order valence-corrected chi connectivity index (χ2v) is 5.23. The van der Waals surface area contributed by atoms with Crippen molar-refractivity contribution in [2.75, 3.05) is 13.2 Å². The lowest BCUT2D eigenvalue weighted by Crippen LogP contribution is -2.37.